The molecule has 7 nitrogen and oxygen atoms in total. The summed E-state index contributed by atoms with van der Waals surface area (Å²) in [6.45, 7) is 8.60. The molecule has 3 aromatic rings. The van der Waals surface area contributed by atoms with E-state index in [1.165, 1.54) is 56.1 Å². The zero-order valence-electron chi connectivity index (χ0n) is 22.3. The Kier molecular flexibility index (Phi) is 7.75. The Hall–Kier alpha value is -2.67. The van der Waals surface area contributed by atoms with E-state index < -0.39 is 0 Å². The molecule has 1 aromatic carbocycles. The summed E-state index contributed by atoms with van der Waals surface area (Å²) in [5.41, 5.74) is 5.72. The van der Waals surface area contributed by atoms with E-state index in [-0.39, 0.29) is 12.1 Å². The van der Waals surface area contributed by atoms with Crippen LogP contribution in [0.2, 0.25) is 0 Å². The monoisotopic (exact) mass is 487 g/mol. The molecule has 1 N–H and O–H groups in total. The molecule has 2 unspecified atom stereocenters. The maximum absolute atomic E-state index is 4.58. The number of nitrogens with zero attached hydrogens (tertiary/aromatic N) is 6. The molecule has 0 saturated heterocycles. The lowest BCUT2D eigenvalue weighted by Crippen LogP contribution is -2.33. The Morgan fingerprint density at radius 2 is 1.56 bits per heavy atom. The van der Waals surface area contributed by atoms with Gasteiger partial charge in [-0.15, -0.1) is 5.10 Å². The highest BCUT2D eigenvalue weighted by Gasteiger charge is 2.31. The summed E-state index contributed by atoms with van der Waals surface area (Å²) < 4.78 is 2.07. The van der Waals surface area contributed by atoms with E-state index in [9.17, 15) is 0 Å². The van der Waals surface area contributed by atoms with Crippen molar-refractivity contribution in [3.8, 4) is 0 Å². The van der Waals surface area contributed by atoms with Crippen LogP contribution in [0.15, 0.2) is 30.3 Å². The molecular formula is C29H41N7. The minimum absolute atomic E-state index is 0.150. The van der Waals surface area contributed by atoms with Crippen molar-refractivity contribution in [2.24, 2.45) is 5.92 Å². The van der Waals surface area contributed by atoms with Gasteiger partial charge in [0.1, 0.15) is 0 Å². The minimum atomic E-state index is -0.166. The predicted octanol–water partition coefficient (Wildman–Crippen LogP) is 6.32. The lowest BCUT2D eigenvalue weighted by Gasteiger charge is -2.30. The Balaban J connectivity index is 1.49. The van der Waals surface area contributed by atoms with Crippen molar-refractivity contribution in [3.05, 3.63) is 64.2 Å². The molecule has 7 heteroatoms. The number of tetrazole rings is 1. The van der Waals surface area contributed by atoms with Crippen molar-refractivity contribution in [3.63, 3.8) is 0 Å². The van der Waals surface area contributed by atoms with Crippen LogP contribution >= 0.6 is 0 Å². The smallest absolute Gasteiger partial charge is 0.173 e. The number of nitrogens with one attached hydrogen (secondary N) is 1. The summed E-state index contributed by atoms with van der Waals surface area (Å²) >= 11 is 0. The predicted molar refractivity (Wildman–Crippen MR) is 142 cm³/mol. The highest BCUT2D eigenvalue weighted by Crippen LogP contribution is 2.36. The second kappa shape index (κ2) is 11.2. The van der Waals surface area contributed by atoms with E-state index in [1.54, 1.807) is 0 Å². The SMILES string of the molecule is Cc1cc(C(NC(c2ccc(C3CCCCC3)cc2)C(C)C)c2nnnn2C2CCCC2)c(C)nn1. The van der Waals surface area contributed by atoms with Gasteiger partial charge in [0.15, 0.2) is 5.82 Å². The normalized spacial score (nSPS) is 19.1. The molecule has 2 atom stereocenters. The van der Waals surface area contributed by atoms with Crippen LogP contribution in [0.1, 0.15) is 130 Å². The maximum Gasteiger partial charge on any atom is 0.173 e. The van der Waals surface area contributed by atoms with Gasteiger partial charge in [0.25, 0.3) is 0 Å². The molecule has 5 rings (SSSR count). The van der Waals surface area contributed by atoms with Crippen LogP contribution < -0.4 is 5.32 Å². The Bertz CT molecular complexity index is 1120. The first kappa shape index (κ1) is 25.0. The summed E-state index contributed by atoms with van der Waals surface area (Å²) in [5.74, 6) is 1.98. The van der Waals surface area contributed by atoms with Gasteiger partial charge in [-0.1, -0.05) is 70.2 Å². The fourth-order valence-corrected chi connectivity index (χ4v) is 6.23. The van der Waals surface area contributed by atoms with Crippen molar-refractivity contribution < 1.29 is 0 Å². The third kappa shape index (κ3) is 5.36. The van der Waals surface area contributed by atoms with E-state index in [0.717, 1.165) is 41.5 Å². The molecule has 192 valence electrons. The van der Waals surface area contributed by atoms with Crippen LogP contribution in [0.4, 0.5) is 0 Å². The van der Waals surface area contributed by atoms with E-state index in [1.807, 2.05) is 13.8 Å². The molecule has 0 spiro atoms. The highest BCUT2D eigenvalue weighted by atomic mass is 15.6. The molecule has 0 bridgehead atoms. The van der Waals surface area contributed by atoms with E-state index in [4.69, 9.17) is 0 Å². The van der Waals surface area contributed by atoms with Crippen LogP contribution in [0, 0.1) is 19.8 Å². The summed E-state index contributed by atoms with van der Waals surface area (Å²) in [6, 6.07) is 11.9. The Morgan fingerprint density at radius 3 is 2.25 bits per heavy atom. The number of hydrogen-bond donors (Lipinski definition) is 1. The van der Waals surface area contributed by atoms with Crippen LogP contribution in [0.25, 0.3) is 0 Å². The van der Waals surface area contributed by atoms with Crippen molar-refractivity contribution in [2.75, 3.05) is 0 Å². The molecule has 0 amide bonds. The molecule has 0 radical (unpaired) electrons. The average Bonchev–Trinajstić information content (AvgIpc) is 3.59. The topological polar surface area (TPSA) is 81.4 Å². The zero-order valence-corrected chi connectivity index (χ0v) is 22.3. The standard InChI is InChI=1S/C29H41N7/c1-19(2)27(24-16-14-23(15-17-24)22-10-6-5-7-11-22)30-28(26-18-20(3)31-32-21(26)4)29-33-34-35-36(29)25-12-8-9-13-25/h14-19,22,25,27-28,30H,5-13H2,1-4H3. The van der Waals surface area contributed by atoms with E-state index in [0.29, 0.717) is 12.0 Å². The average molecular weight is 488 g/mol. The van der Waals surface area contributed by atoms with Crippen molar-refractivity contribution in [1.29, 1.82) is 0 Å². The minimum Gasteiger partial charge on any atom is -0.296 e. The lowest BCUT2D eigenvalue weighted by molar-refractivity contribution is 0.355. The first-order valence-electron chi connectivity index (χ1n) is 14.0. The van der Waals surface area contributed by atoms with Crippen molar-refractivity contribution in [1.82, 2.24) is 35.7 Å². The molecule has 2 saturated carbocycles. The lowest BCUT2D eigenvalue weighted by atomic mass is 9.83. The third-order valence-corrected chi connectivity index (χ3v) is 8.28. The van der Waals surface area contributed by atoms with Crippen LogP contribution in [-0.2, 0) is 0 Å². The van der Waals surface area contributed by atoms with Gasteiger partial charge in [0, 0.05) is 11.6 Å². The second-order valence-electron chi connectivity index (χ2n) is 11.3. The highest BCUT2D eigenvalue weighted by molar-refractivity contribution is 5.32. The summed E-state index contributed by atoms with van der Waals surface area (Å²) in [7, 11) is 0. The largest absolute Gasteiger partial charge is 0.296 e. The number of rotatable bonds is 8. The number of benzene rings is 1. The number of hydrogen-bond acceptors (Lipinski definition) is 6. The van der Waals surface area contributed by atoms with Crippen LogP contribution in [0.3, 0.4) is 0 Å². The third-order valence-electron chi connectivity index (χ3n) is 8.28. The van der Waals surface area contributed by atoms with Crippen LogP contribution in [0.5, 0.6) is 0 Å². The molecular weight excluding hydrogens is 446 g/mol. The van der Waals surface area contributed by atoms with Gasteiger partial charge in [0.2, 0.25) is 0 Å². The van der Waals surface area contributed by atoms with Crippen molar-refractivity contribution >= 4 is 0 Å². The maximum atomic E-state index is 4.58. The summed E-state index contributed by atoms with van der Waals surface area (Å²) in [4.78, 5) is 0. The van der Waals surface area contributed by atoms with Gasteiger partial charge in [-0.05, 0) is 79.0 Å². The van der Waals surface area contributed by atoms with Gasteiger partial charge >= 0.3 is 0 Å². The van der Waals surface area contributed by atoms with Gasteiger partial charge in [-0.2, -0.15) is 10.2 Å². The van der Waals surface area contributed by atoms with Gasteiger partial charge in [0.05, 0.1) is 23.5 Å². The quantitative estimate of drug-likeness (QED) is 0.400. The Labute approximate surface area is 215 Å². The molecule has 36 heavy (non-hydrogen) atoms. The van der Waals surface area contributed by atoms with E-state index >= 15 is 0 Å². The molecule has 0 aliphatic heterocycles. The fraction of sp³-hybridized carbons (Fsp3) is 0.621. The van der Waals surface area contributed by atoms with E-state index in [2.05, 4.69) is 79.9 Å². The zero-order chi connectivity index (χ0) is 25.1. The Morgan fingerprint density at radius 1 is 0.861 bits per heavy atom. The second-order valence-corrected chi connectivity index (χ2v) is 11.3. The van der Waals surface area contributed by atoms with Crippen LogP contribution in [-0.4, -0.2) is 30.4 Å². The molecule has 2 aliphatic rings. The number of aryl methyl sites for hydroxylation is 2. The first-order chi connectivity index (χ1) is 17.5. The summed E-state index contributed by atoms with van der Waals surface area (Å²) in [5, 5.41) is 25.9. The molecule has 2 aliphatic carbocycles. The van der Waals surface area contributed by atoms with Crippen molar-refractivity contribution in [2.45, 2.75) is 110 Å². The van der Waals surface area contributed by atoms with Gasteiger partial charge in [-0.25, -0.2) is 4.68 Å². The first-order valence-corrected chi connectivity index (χ1v) is 14.0. The molecule has 2 heterocycles. The van der Waals surface area contributed by atoms with Gasteiger partial charge in [-0.3, -0.25) is 5.32 Å². The number of aromatic nitrogens is 6. The summed E-state index contributed by atoms with van der Waals surface area (Å²) in [6.07, 6.45) is 11.5. The molecule has 2 fully saturated rings. The molecule has 2 aromatic heterocycles. The fourth-order valence-electron chi connectivity index (χ4n) is 6.23. The van der Waals surface area contributed by atoms with Gasteiger partial charge < -0.3 is 0 Å².